The molecule has 2 aromatic rings. The standard InChI is InChI=1S/C14H18BrN3/c1-3-18-10-16-8-12(18)9-17-11(2)13-6-4-5-7-14(13)15/h4-8,10-11,17H,3,9H2,1-2H3/t11-/m0/s1. The van der Waals surface area contributed by atoms with Crippen LogP contribution in [0.3, 0.4) is 0 Å². The minimum Gasteiger partial charge on any atom is -0.334 e. The monoisotopic (exact) mass is 307 g/mol. The van der Waals surface area contributed by atoms with Crippen LogP contribution in [0.4, 0.5) is 0 Å². The molecular formula is C14H18BrN3. The van der Waals surface area contributed by atoms with E-state index in [0.717, 1.165) is 17.6 Å². The molecule has 0 unspecified atom stereocenters. The molecule has 0 saturated carbocycles. The molecule has 96 valence electrons. The van der Waals surface area contributed by atoms with Gasteiger partial charge in [-0.2, -0.15) is 0 Å². The maximum Gasteiger partial charge on any atom is 0.0948 e. The molecular weight excluding hydrogens is 290 g/mol. The van der Waals surface area contributed by atoms with Crippen LogP contribution in [-0.2, 0) is 13.1 Å². The number of nitrogens with one attached hydrogen (secondary N) is 1. The van der Waals surface area contributed by atoms with Crippen LogP contribution in [0.25, 0.3) is 0 Å². The minimum atomic E-state index is 0.306. The molecule has 0 spiro atoms. The van der Waals surface area contributed by atoms with Crippen molar-refractivity contribution in [2.75, 3.05) is 0 Å². The lowest BCUT2D eigenvalue weighted by Crippen LogP contribution is -2.20. The number of aromatic nitrogens is 2. The molecule has 1 heterocycles. The Kier molecular flexibility index (Phi) is 4.55. The van der Waals surface area contributed by atoms with E-state index in [4.69, 9.17) is 0 Å². The average Bonchev–Trinajstić information content (AvgIpc) is 2.84. The Balaban J connectivity index is 2.01. The Bertz CT molecular complexity index is 507. The maximum atomic E-state index is 4.17. The molecule has 0 amide bonds. The number of aryl methyl sites for hydroxylation is 1. The summed E-state index contributed by atoms with van der Waals surface area (Å²) in [5.74, 6) is 0. The van der Waals surface area contributed by atoms with E-state index >= 15 is 0 Å². The quantitative estimate of drug-likeness (QED) is 0.916. The van der Waals surface area contributed by atoms with Crippen LogP contribution in [0.1, 0.15) is 31.1 Å². The van der Waals surface area contributed by atoms with Crippen molar-refractivity contribution in [3.05, 3.63) is 52.5 Å². The molecule has 3 nitrogen and oxygen atoms in total. The van der Waals surface area contributed by atoms with Gasteiger partial charge in [0.1, 0.15) is 0 Å². The van der Waals surface area contributed by atoms with Gasteiger partial charge in [0.05, 0.1) is 12.0 Å². The van der Waals surface area contributed by atoms with Crippen LogP contribution >= 0.6 is 15.9 Å². The first-order valence-corrected chi connectivity index (χ1v) is 6.98. The molecule has 18 heavy (non-hydrogen) atoms. The van der Waals surface area contributed by atoms with Gasteiger partial charge in [0, 0.05) is 29.8 Å². The van der Waals surface area contributed by atoms with E-state index < -0.39 is 0 Å². The van der Waals surface area contributed by atoms with Gasteiger partial charge in [-0.3, -0.25) is 0 Å². The molecule has 4 heteroatoms. The van der Waals surface area contributed by atoms with Crippen LogP contribution in [0.2, 0.25) is 0 Å². The summed E-state index contributed by atoms with van der Waals surface area (Å²) in [4.78, 5) is 4.17. The lowest BCUT2D eigenvalue weighted by atomic mass is 10.1. The van der Waals surface area contributed by atoms with Crippen molar-refractivity contribution in [3.8, 4) is 0 Å². The number of imidazole rings is 1. The van der Waals surface area contributed by atoms with Crippen molar-refractivity contribution < 1.29 is 0 Å². The van der Waals surface area contributed by atoms with E-state index in [0.29, 0.717) is 6.04 Å². The van der Waals surface area contributed by atoms with Gasteiger partial charge in [-0.15, -0.1) is 0 Å². The van der Waals surface area contributed by atoms with Crippen molar-refractivity contribution in [1.82, 2.24) is 14.9 Å². The van der Waals surface area contributed by atoms with E-state index in [2.05, 4.69) is 62.8 Å². The molecule has 2 rings (SSSR count). The molecule has 0 aliphatic carbocycles. The van der Waals surface area contributed by atoms with Gasteiger partial charge >= 0.3 is 0 Å². The smallest absolute Gasteiger partial charge is 0.0948 e. The highest BCUT2D eigenvalue weighted by Crippen LogP contribution is 2.22. The zero-order valence-electron chi connectivity index (χ0n) is 10.7. The molecule has 0 radical (unpaired) electrons. The molecule has 1 aromatic carbocycles. The second kappa shape index (κ2) is 6.16. The number of hydrogen-bond donors (Lipinski definition) is 1. The SMILES string of the molecule is CCn1cncc1CN[C@@H](C)c1ccccc1Br. The molecule has 0 aliphatic heterocycles. The fourth-order valence-electron chi connectivity index (χ4n) is 1.97. The summed E-state index contributed by atoms with van der Waals surface area (Å²) in [6.45, 7) is 6.09. The second-order valence-electron chi connectivity index (χ2n) is 4.30. The molecule has 0 saturated heterocycles. The number of benzene rings is 1. The summed E-state index contributed by atoms with van der Waals surface area (Å²) >= 11 is 3.59. The Hall–Kier alpha value is -1.13. The van der Waals surface area contributed by atoms with Crippen LogP contribution in [0, 0.1) is 0 Å². The minimum absolute atomic E-state index is 0.306. The van der Waals surface area contributed by atoms with Crippen molar-refractivity contribution in [3.63, 3.8) is 0 Å². The van der Waals surface area contributed by atoms with Crippen molar-refractivity contribution >= 4 is 15.9 Å². The second-order valence-corrected chi connectivity index (χ2v) is 5.15. The summed E-state index contributed by atoms with van der Waals surface area (Å²) in [6.07, 6.45) is 3.80. The van der Waals surface area contributed by atoms with Crippen molar-refractivity contribution in [2.24, 2.45) is 0 Å². The zero-order valence-corrected chi connectivity index (χ0v) is 12.3. The Morgan fingerprint density at radius 1 is 1.39 bits per heavy atom. The fraction of sp³-hybridized carbons (Fsp3) is 0.357. The maximum absolute atomic E-state index is 4.17. The molecule has 1 N–H and O–H groups in total. The van der Waals surface area contributed by atoms with Gasteiger partial charge in [-0.1, -0.05) is 34.1 Å². The Morgan fingerprint density at radius 3 is 2.89 bits per heavy atom. The molecule has 0 bridgehead atoms. The predicted molar refractivity (Wildman–Crippen MR) is 77.3 cm³/mol. The lowest BCUT2D eigenvalue weighted by molar-refractivity contribution is 0.548. The first-order chi connectivity index (χ1) is 8.72. The lowest BCUT2D eigenvalue weighted by Gasteiger charge is -2.16. The van der Waals surface area contributed by atoms with E-state index in [1.807, 2.05) is 18.6 Å². The number of rotatable bonds is 5. The highest BCUT2D eigenvalue weighted by atomic mass is 79.9. The van der Waals surface area contributed by atoms with Gasteiger partial charge in [-0.05, 0) is 25.5 Å². The van der Waals surface area contributed by atoms with Crippen LogP contribution in [0.15, 0.2) is 41.3 Å². The normalized spacial score (nSPS) is 12.6. The highest BCUT2D eigenvalue weighted by molar-refractivity contribution is 9.10. The van der Waals surface area contributed by atoms with E-state index in [1.165, 1.54) is 11.3 Å². The number of halogens is 1. The third kappa shape index (κ3) is 3.00. The van der Waals surface area contributed by atoms with E-state index in [1.54, 1.807) is 0 Å². The van der Waals surface area contributed by atoms with Gasteiger partial charge in [0.2, 0.25) is 0 Å². The highest BCUT2D eigenvalue weighted by Gasteiger charge is 2.09. The van der Waals surface area contributed by atoms with Gasteiger partial charge in [0.15, 0.2) is 0 Å². The fourth-order valence-corrected chi connectivity index (χ4v) is 2.60. The van der Waals surface area contributed by atoms with Gasteiger partial charge < -0.3 is 9.88 Å². The van der Waals surface area contributed by atoms with E-state index in [-0.39, 0.29) is 0 Å². The van der Waals surface area contributed by atoms with Crippen LogP contribution in [0.5, 0.6) is 0 Å². The molecule has 0 aliphatic rings. The Labute approximate surface area is 116 Å². The van der Waals surface area contributed by atoms with Gasteiger partial charge in [0.25, 0.3) is 0 Å². The van der Waals surface area contributed by atoms with Crippen molar-refractivity contribution in [2.45, 2.75) is 33.0 Å². The summed E-state index contributed by atoms with van der Waals surface area (Å²) in [5, 5.41) is 3.53. The summed E-state index contributed by atoms with van der Waals surface area (Å²) in [5.41, 5.74) is 2.50. The average molecular weight is 308 g/mol. The third-order valence-corrected chi connectivity index (χ3v) is 3.82. The molecule has 0 fully saturated rings. The topological polar surface area (TPSA) is 29.9 Å². The predicted octanol–water partition coefficient (Wildman–Crippen LogP) is 3.52. The van der Waals surface area contributed by atoms with Crippen LogP contribution in [-0.4, -0.2) is 9.55 Å². The first-order valence-electron chi connectivity index (χ1n) is 6.19. The molecule has 1 aromatic heterocycles. The summed E-state index contributed by atoms with van der Waals surface area (Å²) in [7, 11) is 0. The Morgan fingerprint density at radius 2 is 2.17 bits per heavy atom. The number of hydrogen-bond acceptors (Lipinski definition) is 2. The third-order valence-electron chi connectivity index (χ3n) is 3.10. The summed E-state index contributed by atoms with van der Waals surface area (Å²) < 4.78 is 3.30. The van der Waals surface area contributed by atoms with Crippen LogP contribution < -0.4 is 5.32 Å². The van der Waals surface area contributed by atoms with Gasteiger partial charge in [-0.25, -0.2) is 4.98 Å². The largest absolute Gasteiger partial charge is 0.334 e. The van der Waals surface area contributed by atoms with E-state index in [9.17, 15) is 0 Å². The zero-order chi connectivity index (χ0) is 13.0. The van der Waals surface area contributed by atoms with Crippen molar-refractivity contribution in [1.29, 1.82) is 0 Å². The molecule has 1 atom stereocenters. The first kappa shape index (κ1) is 13.3. The number of nitrogens with zero attached hydrogens (tertiary/aromatic N) is 2. The summed E-state index contributed by atoms with van der Waals surface area (Å²) in [6, 6.07) is 8.62.